The van der Waals surface area contributed by atoms with Crippen molar-refractivity contribution in [2.45, 2.75) is 4.90 Å². The summed E-state index contributed by atoms with van der Waals surface area (Å²) in [6.45, 7) is 0. The number of aromatic nitrogens is 1. The molecule has 0 aliphatic carbocycles. The largest absolute Gasteiger partial charge is 0.283 e. The summed E-state index contributed by atoms with van der Waals surface area (Å²) >= 11 is 1.10. The zero-order valence-corrected chi connectivity index (χ0v) is 17.0. The third kappa shape index (κ3) is 4.15. The predicted octanol–water partition coefficient (Wildman–Crippen LogP) is 5.70. The maximum atomic E-state index is 11.4. The Bertz CT molecular complexity index is 1280. The molecule has 0 fully saturated rings. The molecule has 0 aliphatic rings. The van der Waals surface area contributed by atoms with Crippen LogP contribution in [-0.2, 0) is 0 Å². The Kier molecular flexibility index (Phi) is 5.72. The summed E-state index contributed by atoms with van der Waals surface area (Å²) in [5.41, 5.74) is 1.76. The fourth-order valence-corrected chi connectivity index (χ4v) is 4.06. The van der Waals surface area contributed by atoms with Crippen molar-refractivity contribution in [3.63, 3.8) is 0 Å². The molecule has 2 N–H and O–H groups in total. The molecule has 7 nitrogen and oxygen atoms in total. The summed E-state index contributed by atoms with van der Waals surface area (Å²) in [6, 6.07) is 24.8. The monoisotopic (exact) mass is 427 g/mol. The van der Waals surface area contributed by atoms with Gasteiger partial charge in [0, 0.05) is 28.4 Å². The molecule has 0 atom stereocenters. The van der Waals surface area contributed by atoms with E-state index >= 15 is 0 Å². The number of fused-ring (bicyclic) bond motifs is 1. The van der Waals surface area contributed by atoms with Crippen LogP contribution < -0.4 is 4.90 Å². The molecule has 8 heteroatoms. The molecule has 4 aromatic rings. The average Bonchev–Trinajstić information content (AvgIpc) is 2.80. The molecule has 0 radical (unpaired) electrons. The molecule has 4 rings (SSSR count). The zero-order chi connectivity index (χ0) is 21.8. The van der Waals surface area contributed by atoms with Crippen LogP contribution >= 0.6 is 11.8 Å². The van der Waals surface area contributed by atoms with Crippen molar-refractivity contribution in [2.24, 2.45) is 0 Å². The Balaban J connectivity index is 1.75. The van der Waals surface area contributed by atoms with Crippen LogP contribution in [0.25, 0.3) is 10.9 Å². The summed E-state index contributed by atoms with van der Waals surface area (Å²) in [5.74, 6) is 0.156. The minimum atomic E-state index is -0.439. The maximum Gasteiger partial charge on any atom is 0.278 e. The first-order valence-corrected chi connectivity index (χ1v) is 10.2. The van der Waals surface area contributed by atoms with Crippen molar-refractivity contribution in [1.29, 1.82) is 10.8 Å². The molecule has 0 spiro atoms. The molecular weight excluding hydrogens is 410 g/mol. The third-order valence-corrected chi connectivity index (χ3v) is 5.53. The van der Waals surface area contributed by atoms with Gasteiger partial charge in [0.25, 0.3) is 5.69 Å². The highest BCUT2D eigenvalue weighted by Crippen LogP contribution is 2.34. The van der Waals surface area contributed by atoms with Crippen molar-refractivity contribution in [1.82, 2.24) is 4.98 Å². The number of anilines is 1. The Labute approximate surface area is 182 Å². The van der Waals surface area contributed by atoms with Gasteiger partial charge in [-0.3, -0.25) is 30.8 Å². The number of nitro benzene ring substituents is 1. The second-order valence-corrected chi connectivity index (χ2v) is 7.56. The molecular formula is C23H17N5O2S. The highest BCUT2D eigenvalue weighted by atomic mass is 32.2. The van der Waals surface area contributed by atoms with Crippen molar-refractivity contribution in [3.05, 3.63) is 107 Å². The number of amidine groups is 2. The van der Waals surface area contributed by atoms with E-state index in [-0.39, 0.29) is 16.7 Å². The van der Waals surface area contributed by atoms with Gasteiger partial charge in [0.15, 0.2) is 5.17 Å². The number of nitrogens with zero attached hydrogens (tertiary/aromatic N) is 3. The van der Waals surface area contributed by atoms with E-state index in [1.807, 2.05) is 60.7 Å². The number of para-hydroxylation sites is 1. The topological polar surface area (TPSA) is 107 Å². The van der Waals surface area contributed by atoms with Crippen molar-refractivity contribution in [3.8, 4) is 0 Å². The number of benzene rings is 3. The normalized spacial score (nSPS) is 10.6. The Morgan fingerprint density at radius 2 is 1.58 bits per heavy atom. The van der Waals surface area contributed by atoms with E-state index in [0.29, 0.717) is 27.0 Å². The lowest BCUT2D eigenvalue weighted by Gasteiger charge is -2.25. The summed E-state index contributed by atoms with van der Waals surface area (Å²) in [4.78, 5) is 17.4. The number of hydrogen-bond acceptors (Lipinski definition) is 6. The predicted molar refractivity (Wildman–Crippen MR) is 124 cm³/mol. The van der Waals surface area contributed by atoms with E-state index in [1.54, 1.807) is 24.4 Å². The summed E-state index contributed by atoms with van der Waals surface area (Å²) < 4.78 is 0. The zero-order valence-electron chi connectivity index (χ0n) is 16.2. The van der Waals surface area contributed by atoms with Crippen molar-refractivity contribution < 1.29 is 4.92 Å². The van der Waals surface area contributed by atoms with Crippen LogP contribution in [0.2, 0.25) is 0 Å². The average molecular weight is 427 g/mol. The lowest BCUT2D eigenvalue weighted by molar-refractivity contribution is -0.383. The first-order chi connectivity index (χ1) is 15.1. The van der Waals surface area contributed by atoms with Gasteiger partial charge in [0.05, 0.1) is 15.8 Å². The SMILES string of the molecule is N=C(Sc1ccc([N+](=O)[O-])c2cccnc12)N(C(=N)c1ccccc1)c1ccccc1. The standard InChI is InChI=1S/C23H17N5O2S/c24-22(16-8-3-1-4-9-16)27(17-10-5-2-6-11-17)23(25)31-20-14-13-19(28(29)30)18-12-7-15-26-21(18)20/h1-15,24-25H. The van der Waals surface area contributed by atoms with Crippen LogP contribution in [-0.4, -0.2) is 20.9 Å². The fourth-order valence-electron chi connectivity index (χ4n) is 3.17. The first kappa shape index (κ1) is 20.2. The Morgan fingerprint density at radius 3 is 2.26 bits per heavy atom. The molecule has 152 valence electrons. The maximum absolute atomic E-state index is 11.4. The Hall–Kier alpha value is -4.04. The number of rotatable bonds is 4. The van der Waals surface area contributed by atoms with Crippen LogP contribution in [0.3, 0.4) is 0 Å². The molecule has 1 aromatic heterocycles. The molecule has 0 bridgehead atoms. The second-order valence-electron chi connectivity index (χ2n) is 6.53. The van der Waals surface area contributed by atoms with Crippen LogP contribution in [0.1, 0.15) is 5.56 Å². The van der Waals surface area contributed by atoms with E-state index in [1.165, 1.54) is 11.0 Å². The van der Waals surface area contributed by atoms with Crippen LogP contribution in [0.15, 0.2) is 96.0 Å². The quantitative estimate of drug-likeness (QED) is 0.143. The molecule has 0 saturated heterocycles. The lowest BCUT2D eigenvalue weighted by Crippen LogP contribution is -2.34. The molecule has 0 saturated carbocycles. The highest BCUT2D eigenvalue weighted by molar-refractivity contribution is 8.14. The van der Waals surface area contributed by atoms with Gasteiger partial charge in [-0.25, -0.2) is 0 Å². The van der Waals surface area contributed by atoms with Gasteiger partial charge >= 0.3 is 0 Å². The van der Waals surface area contributed by atoms with Gasteiger partial charge in [-0.2, -0.15) is 0 Å². The summed E-state index contributed by atoms with van der Waals surface area (Å²) in [6.07, 6.45) is 1.57. The number of thioether (sulfide) groups is 1. The minimum Gasteiger partial charge on any atom is -0.283 e. The first-order valence-electron chi connectivity index (χ1n) is 9.34. The number of non-ortho nitro benzene ring substituents is 1. The Morgan fingerprint density at radius 1 is 0.903 bits per heavy atom. The van der Waals surface area contributed by atoms with Crippen molar-refractivity contribution in [2.75, 3.05) is 4.90 Å². The van der Waals surface area contributed by atoms with Crippen LogP contribution in [0.5, 0.6) is 0 Å². The molecule has 3 aromatic carbocycles. The third-order valence-electron chi connectivity index (χ3n) is 4.60. The number of pyridine rings is 1. The van der Waals surface area contributed by atoms with E-state index in [4.69, 9.17) is 10.8 Å². The lowest BCUT2D eigenvalue weighted by atomic mass is 10.2. The number of nitro groups is 1. The van der Waals surface area contributed by atoms with Gasteiger partial charge in [0.2, 0.25) is 0 Å². The van der Waals surface area contributed by atoms with Gasteiger partial charge in [-0.05, 0) is 42.1 Å². The summed E-state index contributed by atoms with van der Waals surface area (Å²) in [5, 5.41) is 29.4. The fraction of sp³-hybridized carbons (Fsp3) is 0. The van der Waals surface area contributed by atoms with Crippen LogP contribution in [0.4, 0.5) is 11.4 Å². The van der Waals surface area contributed by atoms with Gasteiger partial charge in [-0.1, -0.05) is 48.5 Å². The van der Waals surface area contributed by atoms with Gasteiger partial charge in [0.1, 0.15) is 5.84 Å². The van der Waals surface area contributed by atoms with Crippen molar-refractivity contribution >= 4 is 45.0 Å². The smallest absolute Gasteiger partial charge is 0.278 e. The summed E-state index contributed by atoms with van der Waals surface area (Å²) in [7, 11) is 0. The second kappa shape index (κ2) is 8.76. The number of nitrogens with one attached hydrogen (secondary N) is 2. The van der Waals surface area contributed by atoms with E-state index in [0.717, 1.165) is 11.8 Å². The molecule has 31 heavy (non-hydrogen) atoms. The van der Waals surface area contributed by atoms with Gasteiger partial charge in [-0.15, -0.1) is 0 Å². The molecule has 0 unspecified atom stereocenters. The minimum absolute atomic E-state index is 0.0316. The van der Waals surface area contributed by atoms with E-state index in [2.05, 4.69) is 4.98 Å². The molecule has 0 aliphatic heterocycles. The van der Waals surface area contributed by atoms with E-state index < -0.39 is 4.92 Å². The van der Waals surface area contributed by atoms with Gasteiger partial charge < -0.3 is 0 Å². The van der Waals surface area contributed by atoms with Crippen LogP contribution in [0, 0.1) is 20.9 Å². The molecule has 0 amide bonds. The van der Waals surface area contributed by atoms with E-state index in [9.17, 15) is 10.1 Å². The highest BCUT2D eigenvalue weighted by Gasteiger charge is 2.22. The number of hydrogen-bond donors (Lipinski definition) is 2. The molecule has 1 heterocycles.